The van der Waals surface area contributed by atoms with E-state index < -0.39 is 6.61 Å². The highest BCUT2D eigenvalue weighted by molar-refractivity contribution is 7.98. The van der Waals surface area contributed by atoms with Crippen molar-refractivity contribution in [2.45, 2.75) is 17.5 Å². The number of ether oxygens (including phenoxy) is 1. The Labute approximate surface area is 192 Å². The molecule has 1 amide bonds. The van der Waals surface area contributed by atoms with Crippen LogP contribution in [0.5, 0.6) is 5.75 Å². The Hall–Kier alpha value is -3.92. The summed E-state index contributed by atoms with van der Waals surface area (Å²) in [5.74, 6) is 6.95. The fourth-order valence-corrected chi connectivity index (χ4v) is 3.80. The number of anilines is 1. The van der Waals surface area contributed by atoms with E-state index in [9.17, 15) is 13.6 Å². The van der Waals surface area contributed by atoms with Crippen LogP contribution in [0.15, 0.2) is 84.0 Å². The van der Waals surface area contributed by atoms with Crippen molar-refractivity contribution in [3.8, 4) is 17.1 Å². The zero-order valence-electron chi connectivity index (χ0n) is 17.2. The second kappa shape index (κ2) is 10.1. The SMILES string of the molecule is Nn1c(SCc2ccc(C(=O)Nc3ccccc3)cc2)nnc1-c1ccc(OC(F)F)cc1. The average Bonchev–Trinajstić information content (AvgIpc) is 3.19. The molecule has 7 nitrogen and oxygen atoms in total. The molecule has 1 aromatic heterocycles. The molecular weight excluding hydrogens is 448 g/mol. The Morgan fingerprint density at radius 2 is 1.70 bits per heavy atom. The molecule has 0 unspecified atom stereocenters. The number of nitrogens with zero attached hydrogens (tertiary/aromatic N) is 3. The molecule has 4 aromatic rings. The normalized spacial score (nSPS) is 10.9. The van der Waals surface area contributed by atoms with E-state index >= 15 is 0 Å². The first kappa shape index (κ1) is 22.3. The van der Waals surface area contributed by atoms with Crippen molar-refractivity contribution in [3.63, 3.8) is 0 Å². The minimum absolute atomic E-state index is 0.0485. The van der Waals surface area contributed by atoms with Crippen molar-refractivity contribution in [1.29, 1.82) is 0 Å². The van der Waals surface area contributed by atoms with Crippen LogP contribution in [0.25, 0.3) is 11.4 Å². The number of para-hydroxylation sites is 1. The molecule has 0 bridgehead atoms. The van der Waals surface area contributed by atoms with Crippen LogP contribution in [-0.2, 0) is 5.75 Å². The number of rotatable bonds is 8. The Morgan fingerprint density at radius 1 is 1.00 bits per heavy atom. The highest BCUT2D eigenvalue weighted by atomic mass is 32.2. The summed E-state index contributed by atoms with van der Waals surface area (Å²) in [6.45, 7) is -2.88. The van der Waals surface area contributed by atoms with Gasteiger partial charge in [0.2, 0.25) is 5.16 Å². The average molecular weight is 468 g/mol. The van der Waals surface area contributed by atoms with Gasteiger partial charge in [0.15, 0.2) is 5.82 Å². The molecule has 0 saturated heterocycles. The van der Waals surface area contributed by atoms with Crippen LogP contribution in [0, 0.1) is 0 Å². The van der Waals surface area contributed by atoms with Gasteiger partial charge in [0.25, 0.3) is 5.91 Å². The zero-order chi connectivity index (χ0) is 23.2. The number of hydrogen-bond acceptors (Lipinski definition) is 6. The summed E-state index contributed by atoms with van der Waals surface area (Å²) >= 11 is 1.38. The maximum atomic E-state index is 12.4. The molecule has 3 aromatic carbocycles. The highest BCUT2D eigenvalue weighted by Crippen LogP contribution is 2.26. The summed E-state index contributed by atoms with van der Waals surface area (Å²) in [4.78, 5) is 12.4. The van der Waals surface area contributed by atoms with E-state index in [0.29, 0.717) is 27.9 Å². The molecule has 3 N–H and O–H groups in total. The molecule has 0 aliphatic rings. The molecule has 0 fully saturated rings. The number of nitrogen functional groups attached to an aromatic ring is 1. The third-order valence-electron chi connectivity index (χ3n) is 4.62. The maximum absolute atomic E-state index is 12.4. The minimum Gasteiger partial charge on any atom is -0.435 e. The lowest BCUT2D eigenvalue weighted by Crippen LogP contribution is -2.12. The number of thioether (sulfide) groups is 1. The topological polar surface area (TPSA) is 95.1 Å². The fourth-order valence-electron chi connectivity index (χ4n) is 2.98. The smallest absolute Gasteiger partial charge is 0.387 e. The Balaban J connectivity index is 1.36. The summed E-state index contributed by atoms with van der Waals surface area (Å²) in [5, 5.41) is 11.5. The van der Waals surface area contributed by atoms with E-state index in [1.54, 1.807) is 24.3 Å². The molecule has 0 atom stereocenters. The summed E-state index contributed by atoms with van der Waals surface area (Å²) in [7, 11) is 0. The van der Waals surface area contributed by atoms with E-state index in [-0.39, 0.29) is 11.7 Å². The molecule has 0 radical (unpaired) electrons. The number of nitrogens with two attached hydrogens (primary N) is 1. The molecule has 0 saturated carbocycles. The van der Waals surface area contributed by atoms with Crippen LogP contribution in [0.4, 0.5) is 14.5 Å². The Morgan fingerprint density at radius 3 is 2.36 bits per heavy atom. The van der Waals surface area contributed by atoms with Crippen LogP contribution in [0.2, 0.25) is 0 Å². The van der Waals surface area contributed by atoms with Gasteiger partial charge in [-0.2, -0.15) is 8.78 Å². The van der Waals surface area contributed by atoms with E-state index in [1.165, 1.54) is 28.6 Å². The Bertz CT molecular complexity index is 1220. The van der Waals surface area contributed by atoms with Crippen molar-refractivity contribution < 1.29 is 18.3 Å². The van der Waals surface area contributed by atoms with Gasteiger partial charge in [-0.1, -0.05) is 42.1 Å². The van der Waals surface area contributed by atoms with Crippen molar-refractivity contribution in [1.82, 2.24) is 14.9 Å². The lowest BCUT2D eigenvalue weighted by molar-refractivity contribution is -0.0498. The predicted molar refractivity (Wildman–Crippen MR) is 123 cm³/mol. The third-order valence-corrected chi connectivity index (χ3v) is 5.63. The molecular formula is C23H19F2N5O2S. The number of alkyl halides is 2. The van der Waals surface area contributed by atoms with Crippen molar-refractivity contribution in [3.05, 3.63) is 90.0 Å². The monoisotopic (exact) mass is 467 g/mol. The van der Waals surface area contributed by atoms with E-state index in [1.807, 2.05) is 42.5 Å². The first-order valence-corrected chi connectivity index (χ1v) is 10.8. The van der Waals surface area contributed by atoms with E-state index in [2.05, 4.69) is 20.3 Å². The number of carbonyl (C=O) groups excluding carboxylic acids is 1. The zero-order valence-corrected chi connectivity index (χ0v) is 18.0. The number of halogens is 2. The summed E-state index contributed by atoms with van der Waals surface area (Å²) in [5.41, 5.74) is 2.88. The fraction of sp³-hybridized carbons (Fsp3) is 0.0870. The second-order valence-corrected chi connectivity index (χ2v) is 7.83. The molecule has 0 aliphatic carbocycles. The third kappa shape index (κ3) is 5.66. The first-order chi connectivity index (χ1) is 16.0. The summed E-state index contributed by atoms with van der Waals surface area (Å²) in [6, 6.07) is 22.5. The summed E-state index contributed by atoms with van der Waals surface area (Å²) < 4.78 is 30.3. The van der Waals surface area contributed by atoms with Crippen molar-refractivity contribution in [2.75, 3.05) is 11.2 Å². The standard InChI is InChI=1S/C23H19F2N5O2S/c24-22(25)32-19-12-10-16(11-13-19)20-28-29-23(30(20)26)33-14-15-6-8-17(9-7-15)21(31)27-18-4-2-1-3-5-18/h1-13,22H,14,26H2,(H,27,31). The molecule has 4 rings (SSSR count). The van der Waals surface area contributed by atoms with Gasteiger partial charge in [0, 0.05) is 22.6 Å². The van der Waals surface area contributed by atoms with Crippen LogP contribution in [-0.4, -0.2) is 27.4 Å². The molecule has 1 heterocycles. The molecule has 0 spiro atoms. The lowest BCUT2D eigenvalue weighted by Gasteiger charge is -2.07. The number of amides is 1. The highest BCUT2D eigenvalue weighted by Gasteiger charge is 2.13. The second-order valence-electron chi connectivity index (χ2n) is 6.88. The largest absolute Gasteiger partial charge is 0.435 e. The maximum Gasteiger partial charge on any atom is 0.387 e. The number of benzene rings is 3. The number of nitrogens with one attached hydrogen (secondary N) is 1. The van der Waals surface area contributed by atoms with Gasteiger partial charge in [-0.25, -0.2) is 4.68 Å². The molecule has 10 heteroatoms. The van der Waals surface area contributed by atoms with Crippen molar-refractivity contribution >= 4 is 23.4 Å². The van der Waals surface area contributed by atoms with Gasteiger partial charge in [-0.3, -0.25) is 4.79 Å². The van der Waals surface area contributed by atoms with Gasteiger partial charge in [-0.15, -0.1) is 10.2 Å². The lowest BCUT2D eigenvalue weighted by atomic mass is 10.1. The summed E-state index contributed by atoms with van der Waals surface area (Å²) in [6.07, 6.45) is 0. The molecule has 0 aliphatic heterocycles. The number of aromatic nitrogens is 3. The van der Waals surface area contributed by atoms with Gasteiger partial charge in [0.1, 0.15) is 5.75 Å². The van der Waals surface area contributed by atoms with Gasteiger partial charge >= 0.3 is 6.61 Å². The van der Waals surface area contributed by atoms with Crippen LogP contribution in [0.1, 0.15) is 15.9 Å². The Kier molecular flexibility index (Phi) is 6.84. The predicted octanol–water partition coefficient (Wildman–Crippen LogP) is 4.80. The van der Waals surface area contributed by atoms with Gasteiger partial charge in [-0.05, 0) is 54.1 Å². The molecule has 168 valence electrons. The van der Waals surface area contributed by atoms with Crippen molar-refractivity contribution in [2.24, 2.45) is 0 Å². The minimum atomic E-state index is -2.88. The van der Waals surface area contributed by atoms with Gasteiger partial charge < -0.3 is 15.9 Å². The van der Waals surface area contributed by atoms with E-state index in [0.717, 1.165) is 11.3 Å². The first-order valence-electron chi connectivity index (χ1n) is 9.83. The number of carbonyl (C=O) groups is 1. The van der Waals surface area contributed by atoms with Gasteiger partial charge in [0.05, 0.1) is 0 Å². The van der Waals surface area contributed by atoms with E-state index in [4.69, 9.17) is 5.84 Å². The quantitative estimate of drug-likeness (QED) is 0.285. The number of hydrogen-bond donors (Lipinski definition) is 2. The molecule has 33 heavy (non-hydrogen) atoms. The van der Waals surface area contributed by atoms with Crippen LogP contribution >= 0.6 is 11.8 Å². The van der Waals surface area contributed by atoms with Crippen LogP contribution in [0.3, 0.4) is 0 Å². The van der Waals surface area contributed by atoms with Crippen LogP contribution < -0.4 is 15.9 Å².